The van der Waals surface area contributed by atoms with Crippen LogP contribution in [-0.4, -0.2) is 51.8 Å². The van der Waals surface area contributed by atoms with Gasteiger partial charge in [0.1, 0.15) is 0 Å². The normalized spacial score (nSPS) is 14.6. The van der Waals surface area contributed by atoms with Crippen LogP contribution in [0.4, 0.5) is 5.82 Å². The molecule has 1 amide bonds. The van der Waals surface area contributed by atoms with Gasteiger partial charge in [0, 0.05) is 44.1 Å². The first-order valence-corrected chi connectivity index (χ1v) is 8.37. The van der Waals surface area contributed by atoms with Gasteiger partial charge in [0.05, 0.1) is 0 Å². The summed E-state index contributed by atoms with van der Waals surface area (Å²) in [4.78, 5) is 16.6. The molecule has 6 heteroatoms. The first-order chi connectivity index (χ1) is 12.3. The number of carbonyl (C=O) groups excluding carboxylic acids is 1. The number of hydrogen-bond donors (Lipinski definition) is 0. The standard InChI is InChI=1S/C19H19N5O/c25-19(16-6-2-1-3-7-16)24-14-12-23(13-15-24)18-9-8-17(20-21-18)22-10-4-5-11-22/h1-11H,12-15H2. The number of benzene rings is 1. The van der Waals surface area contributed by atoms with Crippen LogP contribution in [0.1, 0.15) is 10.4 Å². The van der Waals surface area contributed by atoms with Crippen LogP contribution in [0.5, 0.6) is 0 Å². The Morgan fingerprint density at radius 1 is 0.760 bits per heavy atom. The van der Waals surface area contributed by atoms with Crippen LogP contribution in [-0.2, 0) is 0 Å². The second-order valence-electron chi connectivity index (χ2n) is 5.99. The molecule has 1 aliphatic heterocycles. The van der Waals surface area contributed by atoms with Crippen molar-refractivity contribution in [2.45, 2.75) is 0 Å². The Morgan fingerprint density at radius 3 is 2.04 bits per heavy atom. The van der Waals surface area contributed by atoms with Gasteiger partial charge in [-0.15, -0.1) is 10.2 Å². The summed E-state index contributed by atoms with van der Waals surface area (Å²) in [6.07, 6.45) is 3.88. The molecule has 3 aromatic rings. The number of rotatable bonds is 3. The maximum atomic E-state index is 12.5. The number of anilines is 1. The Hall–Kier alpha value is -3.15. The summed E-state index contributed by atoms with van der Waals surface area (Å²) < 4.78 is 1.92. The summed E-state index contributed by atoms with van der Waals surface area (Å²) in [5.41, 5.74) is 0.742. The van der Waals surface area contributed by atoms with Crippen molar-refractivity contribution >= 4 is 11.7 Å². The number of aromatic nitrogens is 3. The third-order valence-corrected chi connectivity index (χ3v) is 4.42. The SMILES string of the molecule is O=C(c1ccccc1)N1CCN(c2ccc(-n3cccc3)nn2)CC1. The topological polar surface area (TPSA) is 54.3 Å². The minimum Gasteiger partial charge on any atom is -0.352 e. The van der Waals surface area contributed by atoms with Gasteiger partial charge in [-0.1, -0.05) is 18.2 Å². The van der Waals surface area contributed by atoms with Gasteiger partial charge in [-0.05, 0) is 36.4 Å². The number of amides is 1. The molecule has 0 unspecified atom stereocenters. The van der Waals surface area contributed by atoms with Crippen molar-refractivity contribution in [2.75, 3.05) is 31.1 Å². The fraction of sp³-hybridized carbons (Fsp3) is 0.211. The van der Waals surface area contributed by atoms with Gasteiger partial charge >= 0.3 is 0 Å². The average molecular weight is 333 g/mol. The van der Waals surface area contributed by atoms with Crippen LogP contribution < -0.4 is 4.90 Å². The molecule has 25 heavy (non-hydrogen) atoms. The first-order valence-electron chi connectivity index (χ1n) is 8.37. The minimum atomic E-state index is 0.0919. The highest BCUT2D eigenvalue weighted by molar-refractivity contribution is 5.94. The number of carbonyl (C=O) groups is 1. The average Bonchev–Trinajstić information content (AvgIpc) is 3.23. The quantitative estimate of drug-likeness (QED) is 0.737. The van der Waals surface area contributed by atoms with Crippen LogP contribution in [0.15, 0.2) is 67.0 Å². The smallest absolute Gasteiger partial charge is 0.253 e. The molecule has 1 aliphatic rings. The monoisotopic (exact) mass is 333 g/mol. The van der Waals surface area contributed by atoms with E-state index in [1.807, 2.05) is 76.5 Å². The number of piperazine rings is 1. The van der Waals surface area contributed by atoms with Crippen LogP contribution in [0.3, 0.4) is 0 Å². The Bertz CT molecular complexity index is 822. The zero-order chi connectivity index (χ0) is 17.1. The highest BCUT2D eigenvalue weighted by Crippen LogP contribution is 2.15. The molecular weight excluding hydrogens is 314 g/mol. The highest BCUT2D eigenvalue weighted by Gasteiger charge is 2.22. The van der Waals surface area contributed by atoms with Gasteiger partial charge in [0.25, 0.3) is 5.91 Å². The third kappa shape index (κ3) is 3.24. The molecule has 126 valence electrons. The molecule has 0 saturated carbocycles. The molecule has 6 nitrogen and oxygen atoms in total. The molecule has 0 radical (unpaired) electrons. The van der Waals surface area contributed by atoms with Crippen LogP contribution in [0.25, 0.3) is 5.82 Å². The van der Waals surface area contributed by atoms with E-state index in [0.29, 0.717) is 13.1 Å². The van der Waals surface area contributed by atoms with Gasteiger partial charge in [0.2, 0.25) is 0 Å². The van der Waals surface area contributed by atoms with Crippen LogP contribution in [0.2, 0.25) is 0 Å². The molecule has 1 aromatic carbocycles. The van der Waals surface area contributed by atoms with E-state index in [1.54, 1.807) is 0 Å². The van der Waals surface area contributed by atoms with E-state index in [9.17, 15) is 4.79 Å². The summed E-state index contributed by atoms with van der Waals surface area (Å²) in [5.74, 6) is 1.74. The van der Waals surface area contributed by atoms with E-state index in [4.69, 9.17) is 0 Å². The summed E-state index contributed by atoms with van der Waals surface area (Å²) in [5, 5.41) is 8.63. The van der Waals surface area contributed by atoms with Crippen molar-refractivity contribution in [3.63, 3.8) is 0 Å². The molecule has 0 bridgehead atoms. The van der Waals surface area contributed by atoms with Gasteiger partial charge in [-0.2, -0.15) is 0 Å². The molecule has 4 rings (SSSR count). The van der Waals surface area contributed by atoms with E-state index in [0.717, 1.165) is 30.3 Å². The summed E-state index contributed by atoms with van der Waals surface area (Å²) in [6.45, 7) is 2.90. The maximum Gasteiger partial charge on any atom is 0.253 e. The largest absolute Gasteiger partial charge is 0.352 e. The Labute approximate surface area is 146 Å². The van der Waals surface area contributed by atoms with Gasteiger partial charge in [0.15, 0.2) is 11.6 Å². The van der Waals surface area contributed by atoms with Crippen molar-refractivity contribution in [1.29, 1.82) is 0 Å². The van der Waals surface area contributed by atoms with Gasteiger partial charge in [-0.3, -0.25) is 4.79 Å². The van der Waals surface area contributed by atoms with Gasteiger partial charge in [-0.25, -0.2) is 0 Å². The zero-order valence-electron chi connectivity index (χ0n) is 13.8. The predicted molar refractivity (Wildman–Crippen MR) is 95.9 cm³/mol. The zero-order valence-corrected chi connectivity index (χ0v) is 13.8. The van der Waals surface area contributed by atoms with E-state index in [1.165, 1.54) is 0 Å². The lowest BCUT2D eigenvalue weighted by Gasteiger charge is -2.35. The van der Waals surface area contributed by atoms with Crippen molar-refractivity contribution in [1.82, 2.24) is 19.7 Å². The van der Waals surface area contributed by atoms with Crippen molar-refractivity contribution in [3.8, 4) is 5.82 Å². The van der Waals surface area contributed by atoms with E-state index < -0.39 is 0 Å². The fourth-order valence-electron chi connectivity index (χ4n) is 3.01. The summed E-state index contributed by atoms with van der Waals surface area (Å²) in [6, 6.07) is 17.3. The first kappa shape index (κ1) is 15.4. The van der Waals surface area contributed by atoms with Crippen LogP contribution in [0, 0.1) is 0 Å². The predicted octanol–water partition coefficient (Wildman–Crippen LogP) is 2.23. The molecule has 3 heterocycles. The van der Waals surface area contributed by atoms with Crippen LogP contribution >= 0.6 is 0 Å². The lowest BCUT2D eigenvalue weighted by molar-refractivity contribution is 0.0746. The Kier molecular flexibility index (Phi) is 4.16. The van der Waals surface area contributed by atoms with Crippen molar-refractivity contribution in [2.24, 2.45) is 0 Å². The molecule has 0 atom stereocenters. The molecular formula is C19H19N5O. The fourth-order valence-corrected chi connectivity index (χ4v) is 3.01. The molecule has 1 saturated heterocycles. The molecule has 2 aromatic heterocycles. The molecule has 0 N–H and O–H groups in total. The van der Waals surface area contributed by atoms with E-state index in [2.05, 4.69) is 15.1 Å². The minimum absolute atomic E-state index is 0.0919. The highest BCUT2D eigenvalue weighted by atomic mass is 16.2. The third-order valence-electron chi connectivity index (χ3n) is 4.42. The summed E-state index contributed by atoms with van der Waals surface area (Å²) >= 11 is 0. The van der Waals surface area contributed by atoms with Crippen molar-refractivity contribution in [3.05, 3.63) is 72.6 Å². The second kappa shape index (κ2) is 6.76. The van der Waals surface area contributed by atoms with E-state index >= 15 is 0 Å². The lowest BCUT2D eigenvalue weighted by Crippen LogP contribution is -2.49. The molecule has 1 fully saturated rings. The number of nitrogens with zero attached hydrogens (tertiary/aromatic N) is 5. The molecule has 0 aliphatic carbocycles. The Morgan fingerprint density at radius 2 is 1.40 bits per heavy atom. The number of hydrogen-bond acceptors (Lipinski definition) is 4. The van der Waals surface area contributed by atoms with Crippen molar-refractivity contribution < 1.29 is 4.79 Å². The maximum absolute atomic E-state index is 12.5. The molecule has 0 spiro atoms. The lowest BCUT2D eigenvalue weighted by atomic mass is 10.2. The Balaban J connectivity index is 1.39. The van der Waals surface area contributed by atoms with E-state index in [-0.39, 0.29) is 5.91 Å². The van der Waals surface area contributed by atoms with Gasteiger partial charge < -0.3 is 14.4 Å². The second-order valence-corrected chi connectivity index (χ2v) is 5.99. The summed E-state index contributed by atoms with van der Waals surface area (Å²) in [7, 11) is 0.